The summed E-state index contributed by atoms with van der Waals surface area (Å²) in [5.41, 5.74) is 3.82. The molecule has 5 nitrogen and oxygen atoms in total. The Bertz CT molecular complexity index is 1390. The van der Waals surface area contributed by atoms with Crippen molar-refractivity contribution in [3.8, 4) is 28.4 Å². The number of para-hydroxylation sites is 1. The Morgan fingerprint density at radius 1 is 1.06 bits per heavy atom. The van der Waals surface area contributed by atoms with Crippen molar-refractivity contribution in [3.05, 3.63) is 83.8 Å². The van der Waals surface area contributed by atoms with Crippen molar-refractivity contribution in [2.75, 3.05) is 32.9 Å². The van der Waals surface area contributed by atoms with Crippen LogP contribution in [0.15, 0.2) is 66.9 Å². The maximum atomic E-state index is 14.7. The summed E-state index contributed by atoms with van der Waals surface area (Å²) in [6.07, 6.45) is 1.16. The molecule has 0 saturated carbocycles. The van der Waals surface area contributed by atoms with Crippen LogP contribution >= 0.6 is 0 Å². The fourth-order valence-electron chi connectivity index (χ4n) is 4.94. The van der Waals surface area contributed by atoms with Gasteiger partial charge in [0.05, 0.1) is 12.2 Å². The van der Waals surface area contributed by atoms with E-state index in [2.05, 4.69) is 9.88 Å². The van der Waals surface area contributed by atoms with Gasteiger partial charge in [0.15, 0.2) is 17.7 Å². The molecular weight excluding hydrogens is 450 g/mol. The number of fused-ring (bicyclic) bond motifs is 5. The van der Waals surface area contributed by atoms with Crippen molar-refractivity contribution in [1.29, 1.82) is 0 Å². The number of pyridine rings is 1. The number of aromatic nitrogens is 1. The number of aromatic hydroxyl groups is 1. The molecule has 2 aliphatic heterocycles. The SMILES string of the molecule is Oc1ccc2c3c(cnc2c1)-c1cccc(F)c1O[C@@H]3c1ccc(OCCN2CC(CF)C2)cc1. The van der Waals surface area contributed by atoms with Gasteiger partial charge in [-0.25, -0.2) is 4.39 Å². The molecule has 3 aromatic carbocycles. The molecule has 0 unspecified atom stereocenters. The standard InChI is InChI=1S/C28H24F2N2O3/c29-13-17-15-32(16-17)10-11-34-20-7-4-18(5-8-20)27-26-22-9-6-19(33)12-25(22)31-14-23(26)21-2-1-3-24(30)28(21)35-27/h1-9,12,14,17,27,33H,10-11,13,15-16H2/t27-/m1/s1. The van der Waals surface area contributed by atoms with Gasteiger partial charge < -0.3 is 14.6 Å². The zero-order valence-corrected chi connectivity index (χ0v) is 19.0. The lowest BCUT2D eigenvalue weighted by atomic mass is 9.88. The Morgan fingerprint density at radius 3 is 2.69 bits per heavy atom. The summed E-state index contributed by atoms with van der Waals surface area (Å²) in [6.45, 7) is 2.61. The number of nitrogens with zero attached hydrogens (tertiary/aromatic N) is 2. The van der Waals surface area contributed by atoms with Crippen molar-refractivity contribution < 1.29 is 23.4 Å². The summed E-state index contributed by atoms with van der Waals surface area (Å²) in [5, 5.41) is 10.8. The second-order valence-electron chi connectivity index (χ2n) is 9.10. The third-order valence-corrected chi connectivity index (χ3v) is 6.76. The van der Waals surface area contributed by atoms with Crippen LogP contribution in [0.2, 0.25) is 0 Å². The van der Waals surface area contributed by atoms with Crippen LogP contribution in [0.3, 0.4) is 0 Å². The highest BCUT2D eigenvalue weighted by Crippen LogP contribution is 2.48. The lowest BCUT2D eigenvalue weighted by Crippen LogP contribution is -2.49. The van der Waals surface area contributed by atoms with E-state index in [1.165, 1.54) is 6.07 Å². The highest BCUT2D eigenvalue weighted by Gasteiger charge is 2.31. The molecule has 0 spiro atoms. The Balaban J connectivity index is 1.30. The van der Waals surface area contributed by atoms with Gasteiger partial charge in [0, 0.05) is 59.9 Å². The number of phenolic OH excluding ortho intramolecular Hbond substituents is 1. The molecule has 1 N–H and O–H groups in total. The molecular formula is C28H24F2N2O3. The molecule has 0 aliphatic carbocycles. The minimum Gasteiger partial charge on any atom is -0.508 e. The number of phenols is 1. The van der Waals surface area contributed by atoms with Crippen molar-refractivity contribution in [3.63, 3.8) is 0 Å². The van der Waals surface area contributed by atoms with Crippen LogP contribution in [-0.4, -0.2) is 47.9 Å². The number of likely N-dealkylation sites (tertiary alicyclic amines) is 1. The number of alkyl halides is 1. The first-order valence-corrected chi connectivity index (χ1v) is 11.7. The lowest BCUT2D eigenvalue weighted by molar-refractivity contribution is 0.0668. The molecule has 1 atom stereocenters. The minimum absolute atomic E-state index is 0.129. The van der Waals surface area contributed by atoms with Crippen molar-refractivity contribution in [2.45, 2.75) is 6.10 Å². The third-order valence-electron chi connectivity index (χ3n) is 6.76. The normalized spacial score (nSPS) is 17.4. The van der Waals surface area contributed by atoms with Gasteiger partial charge in [-0.15, -0.1) is 0 Å². The van der Waals surface area contributed by atoms with Gasteiger partial charge in [-0.05, 0) is 35.9 Å². The highest BCUT2D eigenvalue weighted by molar-refractivity contribution is 5.92. The molecule has 35 heavy (non-hydrogen) atoms. The molecule has 0 radical (unpaired) electrons. The number of hydrogen-bond acceptors (Lipinski definition) is 5. The number of benzene rings is 3. The van der Waals surface area contributed by atoms with Crippen LogP contribution in [0.25, 0.3) is 22.0 Å². The summed E-state index contributed by atoms with van der Waals surface area (Å²) in [4.78, 5) is 6.69. The van der Waals surface area contributed by atoms with Crippen molar-refractivity contribution >= 4 is 10.9 Å². The predicted molar refractivity (Wildman–Crippen MR) is 129 cm³/mol. The van der Waals surface area contributed by atoms with Gasteiger partial charge in [0.25, 0.3) is 0 Å². The number of hydrogen-bond donors (Lipinski definition) is 1. The third kappa shape index (κ3) is 3.96. The Kier molecular flexibility index (Phi) is 5.49. The second-order valence-corrected chi connectivity index (χ2v) is 9.10. The molecule has 4 aromatic rings. The average Bonchev–Trinajstić information content (AvgIpc) is 2.85. The monoisotopic (exact) mass is 474 g/mol. The fourth-order valence-corrected chi connectivity index (χ4v) is 4.94. The Hall–Kier alpha value is -3.71. The van der Waals surface area contributed by atoms with Gasteiger partial charge in [-0.3, -0.25) is 14.3 Å². The van der Waals surface area contributed by atoms with Crippen LogP contribution in [-0.2, 0) is 0 Å². The molecule has 1 fully saturated rings. The minimum atomic E-state index is -0.558. The van der Waals surface area contributed by atoms with E-state index in [0.717, 1.165) is 47.5 Å². The van der Waals surface area contributed by atoms with Gasteiger partial charge in [0.2, 0.25) is 0 Å². The van der Waals surface area contributed by atoms with Gasteiger partial charge in [-0.1, -0.05) is 24.3 Å². The van der Waals surface area contributed by atoms with Crippen LogP contribution in [0.1, 0.15) is 17.2 Å². The van der Waals surface area contributed by atoms with E-state index in [-0.39, 0.29) is 24.1 Å². The number of rotatable bonds is 6. The van der Waals surface area contributed by atoms with Crippen LogP contribution in [0.4, 0.5) is 8.78 Å². The first-order chi connectivity index (χ1) is 17.1. The van der Waals surface area contributed by atoms with Crippen LogP contribution in [0.5, 0.6) is 17.2 Å². The molecule has 1 saturated heterocycles. The van der Waals surface area contributed by atoms with Gasteiger partial charge in [-0.2, -0.15) is 0 Å². The highest BCUT2D eigenvalue weighted by atomic mass is 19.1. The van der Waals surface area contributed by atoms with E-state index in [4.69, 9.17) is 9.47 Å². The maximum absolute atomic E-state index is 14.7. The average molecular weight is 475 g/mol. The lowest BCUT2D eigenvalue weighted by Gasteiger charge is -2.37. The first-order valence-electron chi connectivity index (χ1n) is 11.7. The van der Waals surface area contributed by atoms with E-state index in [1.54, 1.807) is 24.4 Å². The molecule has 0 amide bonds. The van der Waals surface area contributed by atoms with Gasteiger partial charge >= 0.3 is 0 Å². The zero-order chi connectivity index (χ0) is 23.9. The van der Waals surface area contributed by atoms with Gasteiger partial charge in [0.1, 0.15) is 18.1 Å². The van der Waals surface area contributed by atoms with E-state index < -0.39 is 11.9 Å². The Morgan fingerprint density at radius 2 is 1.89 bits per heavy atom. The quantitative estimate of drug-likeness (QED) is 0.400. The largest absolute Gasteiger partial charge is 0.508 e. The maximum Gasteiger partial charge on any atom is 0.165 e. The van der Waals surface area contributed by atoms with E-state index in [9.17, 15) is 13.9 Å². The molecule has 3 heterocycles. The molecule has 2 aliphatic rings. The van der Waals surface area contributed by atoms with Crippen LogP contribution in [0, 0.1) is 11.7 Å². The molecule has 7 heteroatoms. The fraction of sp³-hybridized carbons (Fsp3) is 0.250. The molecule has 178 valence electrons. The van der Waals surface area contributed by atoms with Crippen molar-refractivity contribution in [2.24, 2.45) is 5.92 Å². The number of ether oxygens (including phenoxy) is 2. The predicted octanol–water partition coefficient (Wildman–Crippen LogP) is 5.51. The summed E-state index contributed by atoms with van der Waals surface area (Å²) in [5.74, 6) is 0.794. The summed E-state index contributed by atoms with van der Waals surface area (Å²) < 4.78 is 39.5. The van der Waals surface area contributed by atoms with E-state index in [1.807, 2.05) is 36.4 Å². The first kappa shape index (κ1) is 21.8. The van der Waals surface area contributed by atoms with E-state index in [0.29, 0.717) is 17.7 Å². The molecule has 0 bridgehead atoms. The second kappa shape index (κ2) is 8.82. The summed E-state index contributed by atoms with van der Waals surface area (Å²) in [7, 11) is 0. The summed E-state index contributed by atoms with van der Waals surface area (Å²) in [6, 6.07) is 17.5. The smallest absolute Gasteiger partial charge is 0.165 e. The topological polar surface area (TPSA) is 54.8 Å². The zero-order valence-electron chi connectivity index (χ0n) is 19.0. The van der Waals surface area contributed by atoms with E-state index >= 15 is 0 Å². The summed E-state index contributed by atoms with van der Waals surface area (Å²) >= 11 is 0. The molecule has 1 aromatic heterocycles. The Labute approximate surface area is 201 Å². The molecule has 6 rings (SSSR count). The van der Waals surface area contributed by atoms with Crippen LogP contribution < -0.4 is 9.47 Å². The number of halogens is 2. The van der Waals surface area contributed by atoms with Crippen molar-refractivity contribution in [1.82, 2.24) is 9.88 Å².